The van der Waals surface area contributed by atoms with Crippen molar-refractivity contribution >= 4 is 40.6 Å². The number of rotatable bonds is 4. The second-order valence-corrected chi connectivity index (χ2v) is 5.83. The highest BCUT2D eigenvalue weighted by molar-refractivity contribution is 8.00. The second kappa shape index (κ2) is 6.68. The zero-order valence-electron chi connectivity index (χ0n) is 11.0. The van der Waals surface area contributed by atoms with Gasteiger partial charge in [-0.3, -0.25) is 4.79 Å². The largest absolute Gasteiger partial charge is 0.399 e. The standard InChI is InChI=1S/C15H15ClN2OS/c1-10-5-6-12(8-14(10)16)18-15(19)9-20-13-4-2-3-11(17)7-13/h2-8H,9,17H2,1H3,(H,18,19). The molecule has 20 heavy (non-hydrogen) atoms. The average Bonchev–Trinajstić information content (AvgIpc) is 2.41. The Labute approximate surface area is 127 Å². The van der Waals surface area contributed by atoms with Crippen LogP contribution in [-0.2, 0) is 4.79 Å². The van der Waals surface area contributed by atoms with Crippen LogP contribution in [0.5, 0.6) is 0 Å². The van der Waals surface area contributed by atoms with Crippen LogP contribution in [0.15, 0.2) is 47.4 Å². The van der Waals surface area contributed by atoms with Crippen molar-refractivity contribution in [3.05, 3.63) is 53.1 Å². The molecule has 1 amide bonds. The van der Waals surface area contributed by atoms with Gasteiger partial charge in [0.25, 0.3) is 0 Å². The van der Waals surface area contributed by atoms with Gasteiger partial charge in [-0.15, -0.1) is 11.8 Å². The number of aryl methyl sites for hydroxylation is 1. The lowest BCUT2D eigenvalue weighted by Crippen LogP contribution is -2.13. The van der Waals surface area contributed by atoms with E-state index in [1.165, 1.54) is 11.8 Å². The van der Waals surface area contributed by atoms with Crippen LogP contribution in [0.3, 0.4) is 0 Å². The van der Waals surface area contributed by atoms with Crippen LogP contribution in [0, 0.1) is 6.92 Å². The number of anilines is 2. The van der Waals surface area contributed by atoms with Gasteiger partial charge in [-0.1, -0.05) is 23.7 Å². The van der Waals surface area contributed by atoms with Crippen molar-refractivity contribution < 1.29 is 4.79 Å². The molecule has 2 aromatic carbocycles. The molecule has 0 saturated carbocycles. The summed E-state index contributed by atoms with van der Waals surface area (Å²) in [6.07, 6.45) is 0. The lowest BCUT2D eigenvalue weighted by molar-refractivity contribution is -0.113. The molecule has 0 saturated heterocycles. The van der Waals surface area contributed by atoms with Gasteiger partial charge in [-0.05, 0) is 42.8 Å². The summed E-state index contributed by atoms with van der Waals surface area (Å²) in [5.74, 6) is 0.256. The SMILES string of the molecule is Cc1ccc(NC(=O)CSc2cccc(N)c2)cc1Cl. The molecule has 0 aliphatic rings. The maximum absolute atomic E-state index is 11.9. The molecule has 0 bridgehead atoms. The number of carbonyl (C=O) groups is 1. The molecule has 0 radical (unpaired) electrons. The van der Waals surface area contributed by atoms with E-state index in [0.717, 1.165) is 10.5 Å². The molecular weight excluding hydrogens is 292 g/mol. The van der Waals surface area contributed by atoms with Crippen LogP contribution in [0.2, 0.25) is 5.02 Å². The molecule has 2 rings (SSSR count). The van der Waals surface area contributed by atoms with Crippen molar-refractivity contribution in [3.8, 4) is 0 Å². The van der Waals surface area contributed by atoms with Crippen molar-refractivity contribution in [1.82, 2.24) is 0 Å². The van der Waals surface area contributed by atoms with E-state index in [9.17, 15) is 4.79 Å². The predicted molar refractivity (Wildman–Crippen MR) is 86.4 cm³/mol. The van der Waals surface area contributed by atoms with Crippen LogP contribution in [0.1, 0.15) is 5.56 Å². The van der Waals surface area contributed by atoms with Gasteiger partial charge in [0.1, 0.15) is 0 Å². The fraction of sp³-hybridized carbons (Fsp3) is 0.133. The van der Waals surface area contributed by atoms with Gasteiger partial charge in [0.15, 0.2) is 0 Å². The minimum Gasteiger partial charge on any atom is -0.399 e. The summed E-state index contributed by atoms with van der Waals surface area (Å²) in [6.45, 7) is 1.92. The Morgan fingerprint density at radius 2 is 2.10 bits per heavy atom. The van der Waals surface area contributed by atoms with Crippen molar-refractivity contribution in [3.63, 3.8) is 0 Å². The van der Waals surface area contributed by atoms with E-state index in [-0.39, 0.29) is 5.91 Å². The van der Waals surface area contributed by atoms with Gasteiger partial charge in [-0.2, -0.15) is 0 Å². The van der Waals surface area contributed by atoms with Gasteiger partial charge in [0.2, 0.25) is 5.91 Å². The number of hydrogen-bond donors (Lipinski definition) is 2. The van der Waals surface area contributed by atoms with Crippen molar-refractivity contribution in [2.75, 3.05) is 16.8 Å². The highest BCUT2D eigenvalue weighted by Gasteiger charge is 2.05. The zero-order valence-corrected chi connectivity index (χ0v) is 12.6. The molecule has 0 aliphatic heterocycles. The maximum atomic E-state index is 11.9. The first-order valence-corrected chi connectivity index (χ1v) is 7.45. The Bertz CT molecular complexity index is 631. The first-order chi connectivity index (χ1) is 9.54. The van der Waals surface area contributed by atoms with Crippen molar-refractivity contribution in [2.45, 2.75) is 11.8 Å². The first-order valence-electron chi connectivity index (χ1n) is 6.09. The Kier molecular flexibility index (Phi) is 4.93. The summed E-state index contributed by atoms with van der Waals surface area (Å²) < 4.78 is 0. The van der Waals surface area contributed by atoms with Crippen LogP contribution in [-0.4, -0.2) is 11.7 Å². The van der Waals surface area contributed by atoms with Crippen LogP contribution < -0.4 is 11.1 Å². The minimum atomic E-state index is -0.0719. The van der Waals surface area contributed by atoms with Gasteiger partial charge < -0.3 is 11.1 Å². The van der Waals surface area contributed by atoms with Crippen molar-refractivity contribution in [2.24, 2.45) is 0 Å². The number of nitrogens with two attached hydrogens (primary N) is 1. The third-order valence-electron chi connectivity index (χ3n) is 2.68. The molecule has 3 N–H and O–H groups in total. The molecule has 2 aromatic rings. The molecule has 0 aliphatic carbocycles. The lowest BCUT2D eigenvalue weighted by Gasteiger charge is -2.07. The molecule has 3 nitrogen and oxygen atoms in total. The number of nitrogen functional groups attached to an aromatic ring is 1. The van der Waals surface area contributed by atoms with Gasteiger partial charge >= 0.3 is 0 Å². The van der Waals surface area contributed by atoms with Gasteiger partial charge in [0, 0.05) is 21.3 Å². The Morgan fingerprint density at radius 1 is 1.30 bits per heavy atom. The second-order valence-electron chi connectivity index (χ2n) is 4.37. The minimum absolute atomic E-state index is 0.0719. The summed E-state index contributed by atoms with van der Waals surface area (Å²) in [4.78, 5) is 12.8. The summed E-state index contributed by atoms with van der Waals surface area (Å²) in [6, 6.07) is 12.9. The Balaban J connectivity index is 1.91. The molecule has 0 aromatic heterocycles. The van der Waals surface area contributed by atoms with Gasteiger partial charge in [-0.25, -0.2) is 0 Å². The molecule has 0 unspecified atom stereocenters. The van der Waals surface area contributed by atoms with Crippen LogP contribution >= 0.6 is 23.4 Å². The van der Waals surface area contributed by atoms with E-state index in [4.69, 9.17) is 17.3 Å². The number of thioether (sulfide) groups is 1. The molecule has 0 heterocycles. The number of benzene rings is 2. The fourth-order valence-electron chi connectivity index (χ4n) is 1.62. The lowest BCUT2D eigenvalue weighted by atomic mass is 10.2. The monoisotopic (exact) mass is 306 g/mol. The smallest absolute Gasteiger partial charge is 0.234 e. The predicted octanol–water partition coefficient (Wildman–Crippen LogP) is 3.96. The molecule has 104 valence electrons. The Hall–Kier alpha value is -1.65. The average molecular weight is 307 g/mol. The summed E-state index contributed by atoms with van der Waals surface area (Å²) in [5.41, 5.74) is 8.08. The van der Waals surface area contributed by atoms with Crippen LogP contribution in [0.4, 0.5) is 11.4 Å². The van der Waals surface area contributed by atoms with E-state index in [2.05, 4.69) is 5.32 Å². The number of amides is 1. The molecule has 0 atom stereocenters. The third kappa shape index (κ3) is 4.18. The fourth-order valence-corrected chi connectivity index (χ4v) is 2.57. The van der Waals surface area contributed by atoms with Gasteiger partial charge in [0.05, 0.1) is 5.75 Å². The highest BCUT2D eigenvalue weighted by Crippen LogP contribution is 2.22. The topological polar surface area (TPSA) is 55.1 Å². The van der Waals surface area contributed by atoms with E-state index in [1.807, 2.05) is 43.3 Å². The van der Waals surface area contributed by atoms with Crippen molar-refractivity contribution in [1.29, 1.82) is 0 Å². The number of hydrogen-bond acceptors (Lipinski definition) is 3. The van der Waals surface area contributed by atoms with E-state index >= 15 is 0 Å². The summed E-state index contributed by atoms with van der Waals surface area (Å²) >= 11 is 7.46. The zero-order chi connectivity index (χ0) is 14.5. The highest BCUT2D eigenvalue weighted by atomic mass is 35.5. The molecule has 0 spiro atoms. The summed E-state index contributed by atoms with van der Waals surface area (Å²) in [5, 5.41) is 3.46. The Morgan fingerprint density at radius 3 is 2.80 bits per heavy atom. The van der Waals surface area contributed by atoms with E-state index < -0.39 is 0 Å². The third-order valence-corrected chi connectivity index (χ3v) is 4.08. The molecule has 0 fully saturated rings. The van der Waals surface area contributed by atoms with E-state index in [0.29, 0.717) is 22.2 Å². The maximum Gasteiger partial charge on any atom is 0.234 e. The first kappa shape index (κ1) is 14.8. The molecular formula is C15H15ClN2OS. The number of nitrogens with one attached hydrogen (secondary N) is 1. The quantitative estimate of drug-likeness (QED) is 0.664. The summed E-state index contributed by atoms with van der Waals surface area (Å²) in [7, 11) is 0. The van der Waals surface area contributed by atoms with E-state index in [1.54, 1.807) is 6.07 Å². The number of carbonyl (C=O) groups excluding carboxylic acids is 1. The number of halogens is 1. The molecule has 5 heteroatoms. The normalized spacial score (nSPS) is 10.3. The van der Waals surface area contributed by atoms with Crippen LogP contribution in [0.25, 0.3) is 0 Å².